The van der Waals surface area contributed by atoms with Crippen LogP contribution in [0.2, 0.25) is 0 Å². The van der Waals surface area contributed by atoms with Crippen LogP contribution >= 0.6 is 0 Å². The molecule has 0 aromatic heterocycles. The van der Waals surface area contributed by atoms with Crippen LogP contribution in [0.15, 0.2) is 0 Å². The number of nitrogens with one attached hydrogen (secondary N) is 2. The molecule has 0 saturated carbocycles. The van der Waals surface area contributed by atoms with Crippen molar-refractivity contribution in [3.63, 3.8) is 0 Å². The van der Waals surface area contributed by atoms with Gasteiger partial charge in [0, 0.05) is 65.7 Å². The van der Waals surface area contributed by atoms with Gasteiger partial charge in [0.05, 0.1) is 13.3 Å². The van der Waals surface area contributed by atoms with Gasteiger partial charge >= 0.3 is 0 Å². The Hall–Kier alpha value is -0.240. The maximum atomic E-state index is 3.52. The summed E-state index contributed by atoms with van der Waals surface area (Å²) in [5.41, 5.74) is 0. The molecule has 3 aliphatic heterocycles. The van der Waals surface area contributed by atoms with Crippen LogP contribution < -0.4 is 10.6 Å². The van der Waals surface area contributed by atoms with E-state index in [9.17, 15) is 0 Å². The molecule has 0 aromatic carbocycles. The maximum Gasteiger partial charge on any atom is 0.0519 e. The van der Waals surface area contributed by atoms with Gasteiger partial charge in [-0.3, -0.25) is 19.6 Å². The van der Waals surface area contributed by atoms with Crippen LogP contribution in [-0.2, 0) is 0 Å². The molecule has 3 heterocycles. The van der Waals surface area contributed by atoms with E-state index in [0.717, 1.165) is 39.8 Å². The summed E-state index contributed by atoms with van der Waals surface area (Å²) in [5, 5.41) is 7.04. The summed E-state index contributed by atoms with van der Waals surface area (Å²) in [5.74, 6) is 0. The van der Waals surface area contributed by atoms with Gasteiger partial charge in [0.1, 0.15) is 0 Å². The molecule has 2 N–H and O–H groups in total. The van der Waals surface area contributed by atoms with Crippen molar-refractivity contribution in [1.29, 1.82) is 0 Å². The molecule has 3 fully saturated rings. The van der Waals surface area contributed by atoms with Gasteiger partial charge in [-0.15, -0.1) is 0 Å². The average Bonchev–Trinajstić information content (AvgIpc) is 2.99. The molecule has 18 heavy (non-hydrogen) atoms. The predicted molar refractivity (Wildman–Crippen MR) is 72.0 cm³/mol. The minimum absolute atomic E-state index is 1.03. The summed E-state index contributed by atoms with van der Waals surface area (Å²) < 4.78 is 0. The Kier molecular flexibility index (Phi) is 4.45. The van der Waals surface area contributed by atoms with Crippen molar-refractivity contribution >= 4 is 0 Å². The fraction of sp³-hybridized carbons (Fsp3) is 1.00. The summed E-state index contributed by atoms with van der Waals surface area (Å²) in [6.07, 6.45) is 0. The fourth-order valence-corrected chi connectivity index (χ4v) is 2.97. The van der Waals surface area contributed by atoms with Crippen LogP contribution in [0.3, 0.4) is 0 Å². The zero-order valence-electron chi connectivity index (χ0n) is 11.3. The SMILES string of the molecule is C1CNCN2CCN(CCN3CCN(CN1)C3)C2. The molecule has 104 valence electrons. The zero-order chi connectivity index (χ0) is 12.2. The molecule has 0 radical (unpaired) electrons. The van der Waals surface area contributed by atoms with Crippen LogP contribution in [0.1, 0.15) is 0 Å². The van der Waals surface area contributed by atoms with Crippen molar-refractivity contribution in [3.05, 3.63) is 0 Å². The largest absolute Gasteiger partial charge is 0.303 e. The molecular formula is C12H26N6. The van der Waals surface area contributed by atoms with Gasteiger partial charge in [-0.25, -0.2) is 0 Å². The third-order valence-corrected chi connectivity index (χ3v) is 4.15. The van der Waals surface area contributed by atoms with Crippen LogP contribution in [-0.4, -0.2) is 98.6 Å². The molecule has 3 saturated heterocycles. The molecule has 0 spiro atoms. The Labute approximate surface area is 110 Å². The van der Waals surface area contributed by atoms with Crippen LogP contribution in [0.5, 0.6) is 0 Å². The van der Waals surface area contributed by atoms with E-state index < -0.39 is 0 Å². The lowest BCUT2D eigenvalue weighted by Gasteiger charge is -2.23. The highest BCUT2D eigenvalue weighted by Crippen LogP contribution is 2.07. The molecule has 0 aromatic rings. The van der Waals surface area contributed by atoms with Crippen molar-refractivity contribution in [2.45, 2.75) is 0 Å². The summed E-state index contributed by atoms with van der Waals surface area (Å²) in [6.45, 7) is 13.8. The molecule has 0 amide bonds. The first kappa shape index (κ1) is 12.8. The Bertz CT molecular complexity index is 235. The Morgan fingerprint density at radius 3 is 1.33 bits per heavy atom. The van der Waals surface area contributed by atoms with Crippen molar-refractivity contribution in [2.75, 3.05) is 79.0 Å². The number of hydrogen-bond donors (Lipinski definition) is 2. The second-order valence-corrected chi connectivity index (χ2v) is 5.62. The van der Waals surface area contributed by atoms with Crippen LogP contribution in [0.4, 0.5) is 0 Å². The summed E-state index contributed by atoms with van der Waals surface area (Å²) >= 11 is 0. The molecule has 6 heteroatoms. The van der Waals surface area contributed by atoms with Crippen molar-refractivity contribution < 1.29 is 0 Å². The van der Waals surface area contributed by atoms with Gasteiger partial charge in [0.25, 0.3) is 0 Å². The summed E-state index contributed by atoms with van der Waals surface area (Å²) in [7, 11) is 0. The molecule has 4 unspecified atom stereocenters. The van der Waals surface area contributed by atoms with E-state index in [-0.39, 0.29) is 0 Å². The fourth-order valence-electron chi connectivity index (χ4n) is 2.97. The molecular weight excluding hydrogens is 228 g/mol. The van der Waals surface area contributed by atoms with E-state index in [0.29, 0.717) is 0 Å². The second kappa shape index (κ2) is 6.27. The smallest absolute Gasteiger partial charge is 0.0519 e. The van der Waals surface area contributed by atoms with E-state index in [2.05, 4.69) is 30.2 Å². The topological polar surface area (TPSA) is 37.0 Å². The first-order valence-corrected chi connectivity index (χ1v) is 7.21. The minimum Gasteiger partial charge on any atom is -0.303 e. The van der Waals surface area contributed by atoms with Gasteiger partial charge in [-0.05, 0) is 0 Å². The third kappa shape index (κ3) is 3.40. The molecule has 0 aliphatic carbocycles. The number of fused-ring (bicyclic) bond motifs is 4. The van der Waals surface area contributed by atoms with E-state index in [1.807, 2.05) is 0 Å². The predicted octanol–water partition coefficient (Wildman–Crippen LogP) is -1.76. The van der Waals surface area contributed by atoms with Crippen molar-refractivity contribution in [1.82, 2.24) is 30.2 Å². The molecule has 6 nitrogen and oxygen atoms in total. The number of rotatable bonds is 0. The number of nitrogens with zero attached hydrogens (tertiary/aromatic N) is 4. The molecule has 3 aliphatic rings. The van der Waals surface area contributed by atoms with Gasteiger partial charge in [0.2, 0.25) is 0 Å². The Balaban J connectivity index is 1.52. The monoisotopic (exact) mass is 254 g/mol. The van der Waals surface area contributed by atoms with E-state index in [1.165, 1.54) is 39.3 Å². The van der Waals surface area contributed by atoms with Gasteiger partial charge in [-0.1, -0.05) is 0 Å². The average molecular weight is 254 g/mol. The van der Waals surface area contributed by atoms with E-state index >= 15 is 0 Å². The number of hydrogen-bond acceptors (Lipinski definition) is 6. The van der Waals surface area contributed by atoms with E-state index in [1.54, 1.807) is 0 Å². The van der Waals surface area contributed by atoms with Crippen molar-refractivity contribution in [2.24, 2.45) is 0 Å². The quantitative estimate of drug-likeness (QED) is 0.534. The van der Waals surface area contributed by atoms with Gasteiger partial charge in [0.15, 0.2) is 0 Å². The lowest BCUT2D eigenvalue weighted by Crippen LogP contribution is -2.42. The minimum atomic E-state index is 1.03. The summed E-state index contributed by atoms with van der Waals surface area (Å²) in [4.78, 5) is 10.2. The van der Waals surface area contributed by atoms with Crippen LogP contribution in [0.25, 0.3) is 0 Å². The standard InChI is InChI=1S/C12H26N6/c1-2-14-10-18-8-6-16(12-18)4-3-15-5-7-17(11-15)9-13-1/h13-14H,1-12H2. The van der Waals surface area contributed by atoms with Gasteiger partial charge < -0.3 is 10.6 Å². The van der Waals surface area contributed by atoms with Crippen molar-refractivity contribution in [3.8, 4) is 0 Å². The van der Waals surface area contributed by atoms with Crippen LogP contribution in [0, 0.1) is 0 Å². The van der Waals surface area contributed by atoms with Gasteiger partial charge in [-0.2, -0.15) is 0 Å². The Morgan fingerprint density at radius 2 is 0.889 bits per heavy atom. The Morgan fingerprint density at radius 1 is 0.500 bits per heavy atom. The lowest BCUT2D eigenvalue weighted by atomic mass is 10.5. The second-order valence-electron chi connectivity index (χ2n) is 5.62. The summed E-state index contributed by atoms with van der Waals surface area (Å²) in [6, 6.07) is 0. The normalized spacial score (nSPS) is 42.7. The molecule has 4 atom stereocenters. The first-order chi connectivity index (χ1) is 8.90. The third-order valence-electron chi connectivity index (χ3n) is 4.15. The molecule has 3 rings (SSSR count). The zero-order valence-corrected chi connectivity index (χ0v) is 11.3. The first-order valence-electron chi connectivity index (χ1n) is 7.21. The maximum absolute atomic E-state index is 3.52. The van der Waals surface area contributed by atoms with E-state index in [4.69, 9.17) is 0 Å². The molecule has 4 bridgehead atoms. The lowest BCUT2D eigenvalue weighted by molar-refractivity contribution is 0.185. The highest BCUT2D eigenvalue weighted by Gasteiger charge is 2.23. The highest BCUT2D eigenvalue weighted by molar-refractivity contribution is 4.76. The highest BCUT2D eigenvalue weighted by atomic mass is 15.4.